The van der Waals surface area contributed by atoms with E-state index < -0.39 is 0 Å². The lowest BCUT2D eigenvalue weighted by molar-refractivity contribution is -0.0705. The Balaban J connectivity index is 0.00000300. The number of morpholine rings is 1. The Labute approximate surface area is 191 Å². The molecule has 1 fully saturated rings. The number of benzene rings is 1. The molecule has 29 heavy (non-hydrogen) atoms. The van der Waals surface area contributed by atoms with E-state index in [0.29, 0.717) is 13.1 Å². The van der Waals surface area contributed by atoms with Crippen LogP contribution in [0.2, 0.25) is 0 Å². The average Bonchev–Trinajstić information content (AvgIpc) is 3.18. The number of furan rings is 1. The van der Waals surface area contributed by atoms with Gasteiger partial charge in [0.1, 0.15) is 5.76 Å². The third kappa shape index (κ3) is 7.64. The minimum atomic E-state index is 0. The molecule has 1 saturated heterocycles. The minimum absolute atomic E-state index is 0. The summed E-state index contributed by atoms with van der Waals surface area (Å²) in [6.07, 6.45) is 2.24. The van der Waals surface area contributed by atoms with Crippen LogP contribution in [0.1, 0.15) is 37.7 Å². The highest BCUT2D eigenvalue weighted by atomic mass is 127. The van der Waals surface area contributed by atoms with Crippen molar-refractivity contribution in [3.8, 4) is 0 Å². The Bertz CT molecular complexity index is 741. The molecule has 1 aliphatic heterocycles. The van der Waals surface area contributed by atoms with Crippen molar-refractivity contribution in [3.63, 3.8) is 0 Å². The van der Waals surface area contributed by atoms with Gasteiger partial charge in [-0.3, -0.25) is 4.90 Å². The van der Waals surface area contributed by atoms with Gasteiger partial charge in [0.25, 0.3) is 0 Å². The van der Waals surface area contributed by atoms with E-state index in [0.717, 1.165) is 37.9 Å². The van der Waals surface area contributed by atoms with E-state index in [4.69, 9.17) is 14.1 Å². The molecular weight excluding hydrogens is 479 g/mol. The average molecular weight is 512 g/mol. The summed E-state index contributed by atoms with van der Waals surface area (Å²) in [5.41, 5.74) is 2.58. The lowest BCUT2D eigenvalue weighted by Gasteiger charge is -2.35. The molecule has 0 bridgehead atoms. The van der Waals surface area contributed by atoms with Gasteiger partial charge in [-0.25, -0.2) is 4.99 Å². The lowest BCUT2D eigenvalue weighted by Crippen LogP contribution is -2.44. The Kier molecular flexibility index (Phi) is 9.96. The first kappa shape index (κ1) is 23.7. The van der Waals surface area contributed by atoms with Crippen molar-refractivity contribution in [1.82, 2.24) is 15.5 Å². The molecule has 1 aromatic carbocycles. The molecule has 0 radical (unpaired) electrons. The van der Waals surface area contributed by atoms with E-state index in [1.807, 2.05) is 12.1 Å². The van der Waals surface area contributed by atoms with Crippen molar-refractivity contribution in [1.29, 1.82) is 0 Å². The van der Waals surface area contributed by atoms with Gasteiger partial charge in [0, 0.05) is 26.2 Å². The summed E-state index contributed by atoms with van der Waals surface area (Å²) in [6, 6.07) is 12.4. The number of ether oxygens (including phenoxy) is 1. The number of aliphatic imine (C=N–C) groups is 1. The van der Waals surface area contributed by atoms with Gasteiger partial charge in [-0.05, 0) is 44.0 Å². The van der Waals surface area contributed by atoms with Crippen molar-refractivity contribution < 1.29 is 9.15 Å². The molecule has 1 aromatic heterocycles. The highest BCUT2D eigenvalue weighted by molar-refractivity contribution is 14.0. The van der Waals surface area contributed by atoms with E-state index >= 15 is 0 Å². The predicted octanol–water partition coefficient (Wildman–Crippen LogP) is 3.76. The van der Waals surface area contributed by atoms with Crippen LogP contribution in [0.15, 0.2) is 52.1 Å². The van der Waals surface area contributed by atoms with Crippen molar-refractivity contribution in [2.45, 2.75) is 52.6 Å². The van der Waals surface area contributed by atoms with E-state index in [-0.39, 0.29) is 36.2 Å². The summed E-state index contributed by atoms with van der Waals surface area (Å²) in [5, 5.41) is 6.62. The highest BCUT2D eigenvalue weighted by Gasteiger charge is 2.22. The highest BCUT2D eigenvalue weighted by Crippen LogP contribution is 2.17. The maximum absolute atomic E-state index is 5.86. The molecule has 2 aromatic rings. The summed E-state index contributed by atoms with van der Waals surface area (Å²) in [6.45, 7) is 11.3. The summed E-state index contributed by atoms with van der Waals surface area (Å²) < 4.78 is 11.2. The zero-order valence-electron chi connectivity index (χ0n) is 17.6. The molecule has 3 rings (SSSR count). The van der Waals surface area contributed by atoms with E-state index in [1.165, 1.54) is 11.1 Å². The van der Waals surface area contributed by atoms with E-state index in [2.05, 4.69) is 60.6 Å². The van der Waals surface area contributed by atoms with E-state index in [1.54, 1.807) is 6.26 Å². The SMILES string of the molecule is CCNC(=NCc1ccccc1CN1CC(C)OC(C)C1)NCc1ccco1.I. The summed E-state index contributed by atoms with van der Waals surface area (Å²) >= 11 is 0. The zero-order valence-corrected chi connectivity index (χ0v) is 19.9. The summed E-state index contributed by atoms with van der Waals surface area (Å²) in [5.74, 6) is 1.68. The molecule has 0 aliphatic carbocycles. The van der Waals surface area contributed by atoms with Crippen molar-refractivity contribution in [2.75, 3.05) is 19.6 Å². The Hall–Kier alpha value is -1.58. The third-order valence-electron chi connectivity index (χ3n) is 4.77. The van der Waals surface area contributed by atoms with Gasteiger partial charge in [-0.2, -0.15) is 0 Å². The molecule has 2 unspecified atom stereocenters. The molecule has 2 N–H and O–H groups in total. The van der Waals surface area contributed by atoms with Crippen LogP contribution in [0.5, 0.6) is 0 Å². The Morgan fingerprint density at radius 2 is 1.79 bits per heavy atom. The van der Waals surface area contributed by atoms with Crippen LogP contribution in [0.25, 0.3) is 0 Å². The van der Waals surface area contributed by atoms with Crippen molar-refractivity contribution >= 4 is 29.9 Å². The van der Waals surface area contributed by atoms with Gasteiger partial charge in [0.2, 0.25) is 0 Å². The van der Waals surface area contributed by atoms with Gasteiger partial charge < -0.3 is 19.8 Å². The van der Waals surface area contributed by atoms with Gasteiger partial charge in [0.15, 0.2) is 5.96 Å². The zero-order chi connectivity index (χ0) is 19.8. The quantitative estimate of drug-likeness (QED) is 0.336. The maximum Gasteiger partial charge on any atom is 0.191 e. The van der Waals surface area contributed by atoms with Crippen LogP contribution in [0.3, 0.4) is 0 Å². The number of hydrogen-bond donors (Lipinski definition) is 2. The number of rotatable bonds is 7. The summed E-state index contributed by atoms with van der Waals surface area (Å²) in [7, 11) is 0. The molecule has 0 spiro atoms. The van der Waals surface area contributed by atoms with E-state index in [9.17, 15) is 0 Å². The molecule has 6 nitrogen and oxygen atoms in total. The fourth-order valence-electron chi connectivity index (χ4n) is 3.61. The number of guanidine groups is 1. The fraction of sp³-hybridized carbons (Fsp3) is 0.500. The minimum Gasteiger partial charge on any atom is -0.467 e. The molecule has 0 amide bonds. The Morgan fingerprint density at radius 1 is 1.07 bits per heavy atom. The number of nitrogens with one attached hydrogen (secondary N) is 2. The topological polar surface area (TPSA) is 62.0 Å². The van der Waals surface area contributed by atoms with Gasteiger partial charge in [0.05, 0.1) is 31.6 Å². The van der Waals surface area contributed by atoms with Crippen LogP contribution in [0.4, 0.5) is 0 Å². The third-order valence-corrected chi connectivity index (χ3v) is 4.77. The molecule has 1 aliphatic rings. The van der Waals surface area contributed by atoms with Gasteiger partial charge in [-0.15, -0.1) is 24.0 Å². The first-order chi connectivity index (χ1) is 13.6. The summed E-state index contributed by atoms with van der Waals surface area (Å²) in [4.78, 5) is 7.25. The van der Waals surface area contributed by atoms with Gasteiger partial charge in [-0.1, -0.05) is 24.3 Å². The molecule has 0 saturated carbocycles. The number of hydrogen-bond acceptors (Lipinski definition) is 4. The normalized spacial score (nSPS) is 20.2. The van der Waals surface area contributed by atoms with Crippen LogP contribution in [-0.2, 0) is 24.4 Å². The van der Waals surface area contributed by atoms with Crippen LogP contribution in [0, 0.1) is 0 Å². The van der Waals surface area contributed by atoms with Crippen molar-refractivity contribution in [2.24, 2.45) is 4.99 Å². The predicted molar refractivity (Wildman–Crippen MR) is 128 cm³/mol. The smallest absolute Gasteiger partial charge is 0.191 e. The first-order valence-corrected chi connectivity index (χ1v) is 10.1. The first-order valence-electron chi connectivity index (χ1n) is 10.1. The molecule has 2 heterocycles. The van der Waals surface area contributed by atoms with Crippen LogP contribution < -0.4 is 10.6 Å². The number of halogens is 1. The maximum atomic E-state index is 5.86. The monoisotopic (exact) mass is 512 g/mol. The molecule has 7 heteroatoms. The Morgan fingerprint density at radius 3 is 2.45 bits per heavy atom. The number of nitrogens with zero attached hydrogens (tertiary/aromatic N) is 2. The van der Waals surface area contributed by atoms with Crippen LogP contribution >= 0.6 is 24.0 Å². The van der Waals surface area contributed by atoms with Gasteiger partial charge >= 0.3 is 0 Å². The standard InChI is InChI=1S/C22H32N4O2.HI/c1-4-23-22(25-13-21-10-7-11-27-21)24-12-19-8-5-6-9-20(19)16-26-14-17(2)28-18(3)15-26;/h5-11,17-18H,4,12-16H2,1-3H3,(H2,23,24,25);1H. The molecule has 160 valence electrons. The molecular formula is C22H33IN4O2. The van der Waals surface area contributed by atoms with Crippen LogP contribution in [-0.4, -0.2) is 42.7 Å². The second-order valence-corrected chi connectivity index (χ2v) is 7.35. The lowest BCUT2D eigenvalue weighted by atomic mass is 10.1. The fourth-order valence-corrected chi connectivity index (χ4v) is 3.61. The molecule has 2 atom stereocenters. The largest absolute Gasteiger partial charge is 0.467 e. The second-order valence-electron chi connectivity index (χ2n) is 7.35. The van der Waals surface area contributed by atoms with Crippen molar-refractivity contribution in [3.05, 3.63) is 59.5 Å². The second kappa shape index (κ2) is 12.2.